The summed E-state index contributed by atoms with van der Waals surface area (Å²) in [5.74, 6) is 1.24. The summed E-state index contributed by atoms with van der Waals surface area (Å²) in [4.78, 5) is 19.4. The molecule has 0 saturated carbocycles. The van der Waals surface area contributed by atoms with E-state index in [9.17, 15) is 4.79 Å². The van der Waals surface area contributed by atoms with Gasteiger partial charge in [0.15, 0.2) is 0 Å². The average Bonchev–Trinajstić information content (AvgIpc) is 2.14. The second-order valence-corrected chi connectivity index (χ2v) is 3.74. The molecule has 0 unspecified atom stereocenters. The van der Waals surface area contributed by atoms with Gasteiger partial charge in [0.1, 0.15) is 16.2 Å². The number of aryl methyl sites for hydroxylation is 1. The molecule has 0 fully saturated rings. The predicted molar refractivity (Wildman–Crippen MR) is 61.6 cm³/mol. The molecule has 0 atom stereocenters. The maximum Gasteiger partial charge on any atom is 0.239 e. The van der Waals surface area contributed by atoms with Crippen LogP contribution in [0.2, 0.25) is 0 Å². The first kappa shape index (κ1) is 11.9. The van der Waals surface area contributed by atoms with Crippen molar-refractivity contribution in [3.8, 4) is 0 Å². The molecule has 2 N–H and O–H groups in total. The molecule has 0 aliphatic carbocycles. The quantitative estimate of drug-likeness (QED) is 0.806. The second kappa shape index (κ2) is 5.65. The van der Waals surface area contributed by atoms with E-state index in [1.165, 1.54) is 0 Å². The Morgan fingerprint density at radius 2 is 2.27 bits per heavy atom. The summed E-state index contributed by atoms with van der Waals surface area (Å²) in [7, 11) is 0. The fourth-order valence-electron chi connectivity index (χ4n) is 1.05. The molecular weight excluding hydrogens is 260 g/mol. The molecular formula is C9H13BrN4O. The normalized spacial score (nSPS) is 9.80. The zero-order valence-corrected chi connectivity index (χ0v) is 10.3. The van der Waals surface area contributed by atoms with E-state index in [1.807, 2.05) is 6.92 Å². The molecule has 0 bridgehead atoms. The number of halogens is 1. The lowest BCUT2D eigenvalue weighted by Crippen LogP contribution is -2.29. The van der Waals surface area contributed by atoms with Crippen molar-refractivity contribution in [3.05, 3.63) is 16.5 Å². The number of anilines is 1. The maximum atomic E-state index is 11.2. The van der Waals surface area contributed by atoms with Gasteiger partial charge < -0.3 is 10.6 Å². The Labute approximate surface area is 96.8 Å². The monoisotopic (exact) mass is 272 g/mol. The number of rotatable bonds is 4. The van der Waals surface area contributed by atoms with Crippen LogP contribution in [0.4, 0.5) is 5.82 Å². The van der Waals surface area contributed by atoms with E-state index in [1.54, 1.807) is 13.0 Å². The number of hydrogen-bond donors (Lipinski definition) is 2. The smallest absolute Gasteiger partial charge is 0.239 e. The molecule has 0 radical (unpaired) electrons. The number of likely N-dealkylation sites (N-methyl/N-ethyl adjacent to an activating group) is 1. The van der Waals surface area contributed by atoms with Crippen LogP contribution in [0, 0.1) is 6.92 Å². The highest BCUT2D eigenvalue weighted by atomic mass is 79.9. The zero-order valence-electron chi connectivity index (χ0n) is 8.67. The number of carbonyl (C=O) groups excluding carboxylic acids is 1. The molecule has 0 saturated heterocycles. The average molecular weight is 273 g/mol. The number of nitrogens with zero attached hydrogens (tertiary/aromatic N) is 2. The minimum absolute atomic E-state index is 0.0510. The highest BCUT2D eigenvalue weighted by Crippen LogP contribution is 2.11. The number of carbonyl (C=O) groups is 1. The van der Waals surface area contributed by atoms with Crippen LogP contribution in [0.3, 0.4) is 0 Å². The van der Waals surface area contributed by atoms with Crippen LogP contribution in [-0.2, 0) is 4.79 Å². The highest BCUT2D eigenvalue weighted by molar-refractivity contribution is 9.10. The summed E-state index contributed by atoms with van der Waals surface area (Å²) in [5.41, 5.74) is 0. The largest absolute Gasteiger partial charge is 0.361 e. The first-order chi connectivity index (χ1) is 7.11. The third kappa shape index (κ3) is 4.24. The molecule has 0 aromatic carbocycles. The molecule has 15 heavy (non-hydrogen) atoms. The lowest BCUT2D eigenvalue weighted by Gasteiger charge is -2.06. The minimum atomic E-state index is -0.0510. The summed E-state index contributed by atoms with van der Waals surface area (Å²) < 4.78 is 0.702. The summed E-state index contributed by atoms with van der Waals surface area (Å²) >= 11 is 3.26. The van der Waals surface area contributed by atoms with Crippen molar-refractivity contribution in [3.63, 3.8) is 0 Å². The van der Waals surface area contributed by atoms with E-state index in [2.05, 4.69) is 36.5 Å². The van der Waals surface area contributed by atoms with Crippen molar-refractivity contribution < 1.29 is 4.79 Å². The third-order valence-electron chi connectivity index (χ3n) is 1.61. The summed E-state index contributed by atoms with van der Waals surface area (Å²) in [6.45, 7) is 4.52. The van der Waals surface area contributed by atoms with E-state index >= 15 is 0 Å². The van der Waals surface area contributed by atoms with Crippen LogP contribution in [0.1, 0.15) is 12.7 Å². The zero-order chi connectivity index (χ0) is 11.3. The van der Waals surface area contributed by atoms with Gasteiger partial charge in [-0.3, -0.25) is 4.79 Å². The molecule has 6 heteroatoms. The predicted octanol–water partition coefficient (Wildman–Crippen LogP) is 1.10. The van der Waals surface area contributed by atoms with Crippen LogP contribution in [-0.4, -0.2) is 29.0 Å². The van der Waals surface area contributed by atoms with Gasteiger partial charge in [-0.15, -0.1) is 0 Å². The number of hydrogen-bond acceptors (Lipinski definition) is 4. The minimum Gasteiger partial charge on any atom is -0.361 e. The van der Waals surface area contributed by atoms with E-state index in [-0.39, 0.29) is 12.5 Å². The first-order valence-electron chi connectivity index (χ1n) is 4.63. The Morgan fingerprint density at radius 1 is 1.53 bits per heavy atom. The van der Waals surface area contributed by atoms with Crippen molar-refractivity contribution in [2.45, 2.75) is 13.8 Å². The lowest BCUT2D eigenvalue weighted by atomic mass is 10.5. The van der Waals surface area contributed by atoms with Gasteiger partial charge in [0.05, 0.1) is 6.54 Å². The summed E-state index contributed by atoms with van der Waals surface area (Å²) in [6, 6.07) is 1.73. The first-order valence-corrected chi connectivity index (χ1v) is 5.43. The van der Waals surface area contributed by atoms with Crippen molar-refractivity contribution in [2.75, 3.05) is 18.4 Å². The van der Waals surface area contributed by atoms with E-state index in [0.29, 0.717) is 22.8 Å². The van der Waals surface area contributed by atoms with Gasteiger partial charge in [-0.25, -0.2) is 9.97 Å². The standard InChI is InChI=1S/C9H13BrN4O/c1-3-11-9(15)5-12-8-4-7(10)13-6(2)14-8/h4H,3,5H2,1-2H3,(H,11,15)(H,12,13,14). The van der Waals surface area contributed by atoms with Crippen molar-refractivity contribution in [2.24, 2.45) is 0 Å². The highest BCUT2D eigenvalue weighted by Gasteiger charge is 2.02. The van der Waals surface area contributed by atoms with Crippen LogP contribution >= 0.6 is 15.9 Å². The van der Waals surface area contributed by atoms with Crippen LogP contribution in [0.5, 0.6) is 0 Å². The van der Waals surface area contributed by atoms with Crippen LogP contribution in [0.25, 0.3) is 0 Å². The Balaban J connectivity index is 2.54. The van der Waals surface area contributed by atoms with Crippen molar-refractivity contribution in [1.29, 1.82) is 0 Å². The van der Waals surface area contributed by atoms with Crippen LogP contribution in [0.15, 0.2) is 10.7 Å². The Hall–Kier alpha value is -1.17. The molecule has 0 aliphatic rings. The molecule has 1 heterocycles. The molecule has 0 aliphatic heterocycles. The fourth-order valence-corrected chi connectivity index (χ4v) is 1.53. The van der Waals surface area contributed by atoms with Gasteiger partial charge in [0.2, 0.25) is 5.91 Å². The molecule has 0 spiro atoms. The Morgan fingerprint density at radius 3 is 2.87 bits per heavy atom. The molecule has 1 amide bonds. The van der Waals surface area contributed by atoms with Crippen LogP contribution < -0.4 is 10.6 Å². The number of aromatic nitrogens is 2. The molecule has 1 aromatic rings. The summed E-state index contributed by atoms with van der Waals surface area (Å²) in [5, 5.41) is 5.61. The molecule has 5 nitrogen and oxygen atoms in total. The summed E-state index contributed by atoms with van der Waals surface area (Å²) in [6.07, 6.45) is 0. The van der Waals surface area contributed by atoms with Gasteiger partial charge in [-0.1, -0.05) is 0 Å². The van der Waals surface area contributed by atoms with Gasteiger partial charge in [-0.2, -0.15) is 0 Å². The lowest BCUT2D eigenvalue weighted by molar-refractivity contribution is -0.119. The molecule has 1 rings (SSSR count). The Kier molecular flexibility index (Phi) is 4.48. The van der Waals surface area contributed by atoms with Gasteiger partial charge in [0.25, 0.3) is 0 Å². The van der Waals surface area contributed by atoms with E-state index < -0.39 is 0 Å². The maximum absolute atomic E-state index is 11.2. The topological polar surface area (TPSA) is 66.9 Å². The van der Waals surface area contributed by atoms with Crippen molar-refractivity contribution >= 4 is 27.7 Å². The van der Waals surface area contributed by atoms with Gasteiger partial charge in [-0.05, 0) is 29.8 Å². The second-order valence-electron chi connectivity index (χ2n) is 2.93. The fraction of sp³-hybridized carbons (Fsp3) is 0.444. The molecule has 82 valence electrons. The number of nitrogens with one attached hydrogen (secondary N) is 2. The van der Waals surface area contributed by atoms with E-state index in [4.69, 9.17) is 0 Å². The van der Waals surface area contributed by atoms with Gasteiger partial charge in [0, 0.05) is 12.6 Å². The SMILES string of the molecule is CCNC(=O)CNc1cc(Br)nc(C)n1. The number of amides is 1. The Bertz CT molecular complexity index is 336. The van der Waals surface area contributed by atoms with E-state index in [0.717, 1.165) is 0 Å². The third-order valence-corrected chi connectivity index (χ3v) is 2.02. The van der Waals surface area contributed by atoms with Gasteiger partial charge >= 0.3 is 0 Å². The molecule has 1 aromatic heterocycles. The van der Waals surface area contributed by atoms with Crippen molar-refractivity contribution in [1.82, 2.24) is 15.3 Å².